The SMILES string of the molecule is CC(/C=C/c1ccc(Oc2ccccc2F)o1)N(O)C(N)=O. The van der Waals surface area contributed by atoms with Crippen LogP contribution in [0.4, 0.5) is 9.18 Å². The summed E-state index contributed by atoms with van der Waals surface area (Å²) in [5.74, 6) is 0.0854. The molecule has 1 aromatic heterocycles. The molecule has 6 nitrogen and oxygen atoms in total. The van der Waals surface area contributed by atoms with Gasteiger partial charge in [0.15, 0.2) is 11.6 Å². The van der Waals surface area contributed by atoms with E-state index in [0.717, 1.165) is 0 Å². The summed E-state index contributed by atoms with van der Waals surface area (Å²) in [6.45, 7) is 1.57. The van der Waals surface area contributed by atoms with Crippen LogP contribution in [0.25, 0.3) is 6.08 Å². The Bertz CT molecular complexity index is 684. The summed E-state index contributed by atoms with van der Waals surface area (Å²) in [4.78, 5) is 10.8. The summed E-state index contributed by atoms with van der Waals surface area (Å²) in [6, 6.07) is 7.50. The highest BCUT2D eigenvalue weighted by Crippen LogP contribution is 2.26. The van der Waals surface area contributed by atoms with Gasteiger partial charge in [-0.15, -0.1) is 0 Å². The molecular formula is C15H15FN2O4. The van der Waals surface area contributed by atoms with E-state index in [2.05, 4.69) is 0 Å². The Morgan fingerprint density at radius 1 is 1.41 bits per heavy atom. The Hall–Kier alpha value is -2.80. The predicted molar refractivity (Wildman–Crippen MR) is 76.9 cm³/mol. The number of para-hydroxylation sites is 1. The number of urea groups is 1. The lowest BCUT2D eigenvalue weighted by molar-refractivity contribution is -0.0560. The standard InChI is InChI=1S/C15H15FN2O4/c1-10(18(20)15(17)19)6-7-11-8-9-14(21-11)22-13-5-3-2-4-12(13)16/h2-10,20H,1H3,(H2,17,19)/b7-6+. The lowest BCUT2D eigenvalue weighted by Crippen LogP contribution is -2.38. The van der Waals surface area contributed by atoms with Crippen LogP contribution in [0.1, 0.15) is 12.7 Å². The number of amides is 2. The van der Waals surface area contributed by atoms with E-state index in [9.17, 15) is 14.4 Å². The summed E-state index contributed by atoms with van der Waals surface area (Å²) in [6.07, 6.45) is 3.04. The molecule has 0 spiro atoms. The number of hydroxylamine groups is 2. The first-order valence-corrected chi connectivity index (χ1v) is 6.45. The van der Waals surface area contributed by atoms with Gasteiger partial charge in [0.2, 0.25) is 0 Å². The van der Waals surface area contributed by atoms with Crippen LogP contribution >= 0.6 is 0 Å². The van der Waals surface area contributed by atoms with Gasteiger partial charge in [-0.3, -0.25) is 5.21 Å². The van der Waals surface area contributed by atoms with Crippen LogP contribution in [0.15, 0.2) is 46.9 Å². The van der Waals surface area contributed by atoms with E-state index >= 15 is 0 Å². The summed E-state index contributed by atoms with van der Waals surface area (Å²) >= 11 is 0. The number of carbonyl (C=O) groups excluding carboxylic acids is 1. The molecule has 0 fully saturated rings. The van der Waals surface area contributed by atoms with Crippen molar-refractivity contribution < 1.29 is 23.5 Å². The molecule has 2 amide bonds. The zero-order chi connectivity index (χ0) is 16.1. The van der Waals surface area contributed by atoms with Gasteiger partial charge < -0.3 is 14.9 Å². The maximum absolute atomic E-state index is 13.4. The van der Waals surface area contributed by atoms with Crippen molar-refractivity contribution in [3.8, 4) is 11.7 Å². The number of carbonyl (C=O) groups is 1. The van der Waals surface area contributed by atoms with Crippen molar-refractivity contribution >= 4 is 12.1 Å². The second kappa shape index (κ2) is 6.77. The molecule has 3 N–H and O–H groups in total. The van der Waals surface area contributed by atoms with Crippen LogP contribution in [0.2, 0.25) is 0 Å². The quantitative estimate of drug-likeness (QED) is 0.654. The molecule has 7 heteroatoms. The molecule has 116 valence electrons. The molecule has 0 aliphatic rings. The first-order valence-electron chi connectivity index (χ1n) is 6.45. The van der Waals surface area contributed by atoms with Crippen molar-refractivity contribution in [2.75, 3.05) is 0 Å². The highest BCUT2D eigenvalue weighted by molar-refractivity contribution is 5.71. The number of nitrogens with zero attached hydrogens (tertiary/aromatic N) is 1. The topological polar surface area (TPSA) is 88.9 Å². The highest BCUT2D eigenvalue weighted by Gasteiger charge is 2.12. The maximum Gasteiger partial charge on any atom is 0.339 e. The van der Waals surface area contributed by atoms with E-state index in [1.54, 1.807) is 25.1 Å². The van der Waals surface area contributed by atoms with Crippen LogP contribution < -0.4 is 10.5 Å². The number of halogens is 1. The van der Waals surface area contributed by atoms with Gasteiger partial charge in [0.25, 0.3) is 5.95 Å². The van der Waals surface area contributed by atoms with Crippen molar-refractivity contribution in [2.45, 2.75) is 13.0 Å². The van der Waals surface area contributed by atoms with Gasteiger partial charge in [-0.25, -0.2) is 9.18 Å². The van der Waals surface area contributed by atoms with Crippen molar-refractivity contribution in [2.24, 2.45) is 5.73 Å². The average molecular weight is 306 g/mol. The monoisotopic (exact) mass is 306 g/mol. The van der Waals surface area contributed by atoms with E-state index in [1.165, 1.54) is 30.4 Å². The first kappa shape index (κ1) is 15.6. The van der Waals surface area contributed by atoms with Crippen molar-refractivity contribution in [3.63, 3.8) is 0 Å². The Kier molecular flexibility index (Phi) is 4.80. The molecule has 0 aliphatic carbocycles. The lowest BCUT2D eigenvalue weighted by atomic mass is 10.3. The van der Waals surface area contributed by atoms with E-state index in [0.29, 0.717) is 10.8 Å². The Balaban J connectivity index is 2.03. The predicted octanol–water partition coefficient (Wildman–Crippen LogP) is 3.38. The molecule has 0 aliphatic heterocycles. The maximum atomic E-state index is 13.4. The third kappa shape index (κ3) is 3.86. The smallest absolute Gasteiger partial charge is 0.339 e. The van der Waals surface area contributed by atoms with Gasteiger partial charge in [-0.1, -0.05) is 18.2 Å². The molecule has 1 atom stereocenters. The van der Waals surface area contributed by atoms with Gasteiger partial charge in [-0.05, 0) is 31.2 Å². The van der Waals surface area contributed by atoms with Gasteiger partial charge in [0.1, 0.15) is 5.76 Å². The molecule has 1 heterocycles. The fraction of sp³-hybridized carbons (Fsp3) is 0.133. The van der Waals surface area contributed by atoms with Crippen LogP contribution in [0.5, 0.6) is 11.7 Å². The second-order valence-corrected chi connectivity index (χ2v) is 4.47. The minimum absolute atomic E-state index is 0.0519. The zero-order valence-corrected chi connectivity index (χ0v) is 11.8. The summed E-state index contributed by atoms with van der Waals surface area (Å²) < 4.78 is 24.1. The molecule has 2 rings (SSSR count). The summed E-state index contributed by atoms with van der Waals surface area (Å²) in [5.41, 5.74) is 4.93. The van der Waals surface area contributed by atoms with E-state index in [-0.39, 0.29) is 11.7 Å². The number of hydrogen-bond donors (Lipinski definition) is 2. The summed E-state index contributed by atoms with van der Waals surface area (Å²) in [7, 11) is 0. The molecule has 22 heavy (non-hydrogen) atoms. The number of ether oxygens (including phenoxy) is 1. The third-order valence-electron chi connectivity index (χ3n) is 2.80. The van der Waals surface area contributed by atoms with Crippen molar-refractivity contribution in [1.82, 2.24) is 5.06 Å². The minimum atomic E-state index is -0.958. The van der Waals surface area contributed by atoms with Crippen molar-refractivity contribution in [1.29, 1.82) is 0 Å². The molecule has 2 aromatic rings. The van der Waals surface area contributed by atoms with E-state index in [1.807, 2.05) is 0 Å². The van der Waals surface area contributed by atoms with Gasteiger partial charge in [0.05, 0.1) is 6.04 Å². The van der Waals surface area contributed by atoms with Crippen LogP contribution in [0, 0.1) is 5.82 Å². The van der Waals surface area contributed by atoms with Crippen LogP contribution in [0.3, 0.4) is 0 Å². The summed E-state index contributed by atoms with van der Waals surface area (Å²) in [5, 5.41) is 9.70. The number of nitrogens with two attached hydrogens (primary N) is 1. The number of benzene rings is 1. The molecule has 1 aromatic carbocycles. The third-order valence-corrected chi connectivity index (χ3v) is 2.80. The molecule has 0 bridgehead atoms. The second-order valence-electron chi connectivity index (χ2n) is 4.47. The fourth-order valence-corrected chi connectivity index (χ4v) is 1.63. The largest absolute Gasteiger partial charge is 0.426 e. The molecule has 0 saturated heterocycles. The van der Waals surface area contributed by atoms with Gasteiger partial charge >= 0.3 is 6.03 Å². The fourth-order valence-electron chi connectivity index (χ4n) is 1.63. The van der Waals surface area contributed by atoms with E-state index in [4.69, 9.17) is 14.9 Å². The number of rotatable bonds is 5. The first-order chi connectivity index (χ1) is 10.5. The average Bonchev–Trinajstić information content (AvgIpc) is 2.94. The normalized spacial score (nSPS) is 12.3. The Labute approximate surface area is 126 Å². The Morgan fingerprint density at radius 2 is 2.14 bits per heavy atom. The number of furan rings is 1. The van der Waals surface area contributed by atoms with Crippen LogP contribution in [-0.2, 0) is 0 Å². The lowest BCUT2D eigenvalue weighted by Gasteiger charge is -2.16. The highest BCUT2D eigenvalue weighted by atomic mass is 19.1. The minimum Gasteiger partial charge on any atom is -0.426 e. The Morgan fingerprint density at radius 3 is 2.82 bits per heavy atom. The molecule has 0 saturated carbocycles. The zero-order valence-electron chi connectivity index (χ0n) is 11.8. The van der Waals surface area contributed by atoms with Crippen LogP contribution in [-0.4, -0.2) is 22.3 Å². The van der Waals surface area contributed by atoms with E-state index < -0.39 is 17.9 Å². The number of primary amides is 1. The van der Waals surface area contributed by atoms with Crippen molar-refractivity contribution in [3.05, 3.63) is 54.1 Å². The molecule has 1 unspecified atom stereocenters. The number of hydrogen-bond acceptors (Lipinski definition) is 4. The molecular weight excluding hydrogens is 291 g/mol. The molecule has 0 radical (unpaired) electrons. The van der Waals surface area contributed by atoms with Gasteiger partial charge in [-0.2, -0.15) is 5.06 Å². The van der Waals surface area contributed by atoms with Gasteiger partial charge in [0, 0.05) is 6.07 Å².